The molecule has 2 aromatic carbocycles. The molecule has 0 radical (unpaired) electrons. The molecule has 2 rings (SSSR count). The third kappa shape index (κ3) is 4.61. The van der Waals surface area contributed by atoms with E-state index < -0.39 is 18.0 Å². The van der Waals surface area contributed by atoms with E-state index in [0.29, 0.717) is 6.54 Å². The van der Waals surface area contributed by atoms with Gasteiger partial charge in [0.2, 0.25) is 0 Å². The zero-order chi connectivity index (χ0) is 16.9. The average molecular weight is 326 g/mol. The first kappa shape index (κ1) is 17.1. The van der Waals surface area contributed by atoms with Gasteiger partial charge in [0.15, 0.2) is 0 Å². The third-order valence-electron chi connectivity index (χ3n) is 3.31. The van der Waals surface area contributed by atoms with Gasteiger partial charge in [0.05, 0.1) is 5.69 Å². The maximum Gasteiger partial charge on any atom is 0.412 e. The molecule has 0 bridgehead atoms. The van der Waals surface area contributed by atoms with Crippen molar-refractivity contribution in [2.45, 2.75) is 25.6 Å². The van der Waals surface area contributed by atoms with Gasteiger partial charge in [-0.2, -0.15) is 13.2 Å². The summed E-state index contributed by atoms with van der Waals surface area (Å²) in [6.07, 6.45) is -3.67. The van der Waals surface area contributed by atoms with Gasteiger partial charge < -0.3 is 10.6 Å². The van der Waals surface area contributed by atoms with E-state index in [1.165, 1.54) is 36.4 Å². The Morgan fingerprint density at radius 1 is 1.04 bits per heavy atom. The lowest BCUT2D eigenvalue weighted by atomic mass is 10.1. The molecule has 0 aliphatic heterocycles. The second-order valence-electron chi connectivity index (χ2n) is 5.15. The number of alkyl halides is 3. The van der Waals surface area contributed by atoms with E-state index in [4.69, 9.17) is 0 Å². The first-order valence-electron chi connectivity index (χ1n) is 7.33. The van der Waals surface area contributed by atoms with Gasteiger partial charge >= 0.3 is 6.18 Å². The molecule has 0 aliphatic rings. The summed E-state index contributed by atoms with van der Waals surface area (Å²) >= 11 is 0. The van der Waals surface area contributed by atoms with Crippen LogP contribution in [0, 0.1) is 5.82 Å². The van der Waals surface area contributed by atoms with Crippen molar-refractivity contribution < 1.29 is 17.6 Å². The van der Waals surface area contributed by atoms with E-state index in [-0.39, 0.29) is 16.9 Å². The highest BCUT2D eigenvalue weighted by molar-refractivity contribution is 5.56. The summed E-state index contributed by atoms with van der Waals surface area (Å²) in [6.45, 7) is 2.54. The SMILES string of the molecule is CCCNc1ccc(NC(c2ccccc2)C(F)(F)F)cc1F. The lowest BCUT2D eigenvalue weighted by Crippen LogP contribution is -2.27. The molecule has 0 spiro atoms. The molecule has 0 amide bonds. The quantitative estimate of drug-likeness (QED) is 0.698. The zero-order valence-electron chi connectivity index (χ0n) is 12.6. The molecule has 2 aromatic rings. The Balaban J connectivity index is 2.22. The van der Waals surface area contributed by atoms with Crippen molar-refractivity contribution in [1.29, 1.82) is 0 Å². The Bertz CT molecular complexity index is 626. The van der Waals surface area contributed by atoms with Crippen LogP contribution in [0.4, 0.5) is 28.9 Å². The van der Waals surface area contributed by atoms with Crippen LogP contribution >= 0.6 is 0 Å². The number of hydrogen-bond acceptors (Lipinski definition) is 2. The molecular weight excluding hydrogens is 308 g/mol. The Kier molecular flexibility index (Phi) is 5.47. The van der Waals surface area contributed by atoms with Crippen LogP contribution in [-0.4, -0.2) is 12.7 Å². The number of anilines is 2. The molecule has 2 N–H and O–H groups in total. The molecule has 23 heavy (non-hydrogen) atoms. The lowest BCUT2D eigenvalue weighted by Gasteiger charge is -2.23. The van der Waals surface area contributed by atoms with E-state index >= 15 is 0 Å². The van der Waals surface area contributed by atoms with Crippen molar-refractivity contribution in [3.8, 4) is 0 Å². The highest BCUT2D eigenvalue weighted by Crippen LogP contribution is 2.36. The molecule has 6 heteroatoms. The van der Waals surface area contributed by atoms with Crippen molar-refractivity contribution in [2.24, 2.45) is 0 Å². The number of hydrogen-bond donors (Lipinski definition) is 2. The van der Waals surface area contributed by atoms with Crippen LogP contribution in [0.5, 0.6) is 0 Å². The minimum atomic E-state index is -4.49. The molecule has 2 nitrogen and oxygen atoms in total. The van der Waals surface area contributed by atoms with Crippen molar-refractivity contribution in [2.75, 3.05) is 17.2 Å². The van der Waals surface area contributed by atoms with Gasteiger partial charge in [-0.25, -0.2) is 4.39 Å². The predicted molar refractivity (Wildman–Crippen MR) is 84.0 cm³/mol. The Morgan fingerprint density at radius 3 is 2.30 bits per heavy atom. The summed E-state index contributed by atoms with van der Waals surface area (Å²) in [5, 5.41) is 5.25. The summed E-state index contributed by atoms with van der Waals surface area (Å²) in [5.74, 6) is -0.586. The fraction of sp³-hybridized carbons (Fsp3) is 0.294. The van der Waals surface area contributed by atoms with Gasteiger partial charge in [0, 0.05) is 12.2 Å². The summed E-state index contributed by atoms with van der Waals surface area (Å²) in [5.41, 5.74) is 0.435. The number of nitrogens with one attached hydrogen (secondary N) is 2. The maximum absolute atomic E-state index is 13.9. The summed E-state index contributed by atoms with van der Waals surface area (Å²) in [4.78, 5) is 0. The average Bonchev–Trinajstić information content (AvgIpc) is 2.51. The third-order valence-corrected chi connectivity index (χ3v) is 3.31. The Hall–Kier alpha value is -2.24. The van der Waals surface area contributed by atoms with Crippen molar-refractivity contribution in [1.82, 2.24) is 0 Å². The first-order valence-corrected chi connectivity index (χ1v) is 7.33. The first-order chi connectivity index (χ1) is 10.9. The van der Waals surface area contributed by atoms with E-state index in [0.717, 1.165) is 12.5 Å². The normalized spacial score (nSPS) is 12.7. The molecule has 0 saturated carbocycles. The zero-order valence-corrected chi connectivity index (χ0v) is 12.6. The van der Waals surface area contributed by atoms with Crippen molar-refractivity contribution in [3.63, 3.8) is 0 Å². The van der Waals surface area contributed by atoms with Crippen LogP contribution in [0.15, 0.2) is 48.5 Å². The van der Waals surface area contributed by atoms with Crippen LogP contribution < -0.4 is 10.6 Å². The van der Waals surface area contributed by atoms with Gasteiger partial charge in [0.25, 0.3) is 0 Å². The summed E-state index contributed by atoms with van der Waals surface area (Å²) < 4.78 is 53.7. The van der Waals surface area contributed by atoms with Crippen molar-refractivity contribution in [3.05, 3.63) is 59.9 Å². The van der Waals surface area contributed by atoms with E-state index in [1.54, 1.807) is 6.07 Å². The van der Waals surface area contributed by atoms with Crippen LogP contribution in [0.1, 0.15) is 24.9 Å². The fourth-order valence-corrected chi connectivity index (χ4v) is 2.17. The Morgan fingerprint density at radius 2 is 1.74 bits per heavy atom. The van der Waals surface area contributed by atoms with Crippen LogP contribution in [0.2, 0.25) is 0 Å². The van der Waals surface area contributed by atoms with E-state index in [9.17, 15) is 17.6 Å². The topological polar surface area (TPSA) is 24.1 Å². The minimum absolute atomic E-state index is 0.0774. The standard InChI is InChI=1S/C17H18F4N2/c1-2-10-22-15-9-8-13(11-14(15)18)23-16(17(19,20)21)12-6-4-3-5-7-12/h3-9,11,16,22-23H,2,10H2,1H3. The van der Waals surface area contributed by atoms with E-state index in [2.05, 4.69) is 10.6 Å². The highest BCUT2D eigenvalue weighted by atomic mass is 19.4. The van der Waals surface area contributed by atoms with Crippen LogP contribution in [0.3, 0.4) is 0 Å². The van der Waals surface area contributed by atoms with Gasteiger partial charge in [-0.3, -0.25) is 0 Å². The molecule has 0 heterocycles. The Labute approximate surface area is 132 Å². The summed E-state index contributed by atoms with van der Waals surface area (Å²) in [6, 6.07) is 9.54. The number of halogens is 4. The van der Waals surface area contributed by atoms with Gasteiger partial charge in [-0.15, -0.1) is 0 Å². The molecule has 0 aliphatic carbocycles. The van der Waals surface area contributed by atoms with Gasteiger partial charge in [0.1, 0.15) is 11.9 Å². The minimum Gasteiger partial charge on any atom is -0.383 e. The number of benzene rings is 2. The smallest absolute Gasteiger partial charge is 0.383 e. The highest BCUT2D eigenvalue weighted by Gasteiger charge is 2.40. The predicted octanol–water partition coefficient (Wildman–Crippen LogP) is 5.36. The number of rotatable bonds is 6. The summed E-state index contributed by atoms with van der Waals surface area (Å²) in [7, 11) is 0. The molecular formula is C17H18F4N2. The lowest BCUT2D eigenvalue weighted by molar-refractivity contribution is -0.144. The molecule has 1 unspecified atom stereocenters. The van der Waals surface area contributed by atoms with Crippen LogP contribution in [0.25, 0.3) is 0 Å². The van der Waals surface area contributed by atoms with Gasteiger partial charge in [-0.05, 0) is 30.2 Å². The maximum atomic E-state index is 13.9. The van der Waals surface area contributed by atoms with Gasteiger partial charge in [-0.1, -0.05) is 37.3 Å². The second-order valence-corrected chi connectivity index (χ2v) is 5.15. The molecule has 0 aromatic heterocycles. The molecule has 124 valence electrons. The largest absolute Gasteiger partial charge is 0.412 e. The van der Waals surface area contributed by atoms with Crippen molar-refractivity contribution >= 4 is 11.4 Å². The monoisotopic (exact) mass is 326 g/mol. The van der Waals surface area contributed by atoms with Crippen LogP contribution in [-0.2, 0) is 0 Å². The molecule has 0 saturated heterocycles. The fourth-order valence-electron chi connectivity index (χ4n) is 2.17. The second kappa shape index (κ2) is 7.35. The van der Waals surface area contributed by atoms with E-state index in [1.807, 2.05) is 6.92 Å². The molecule has 1 atom stereocenters. The molecule has 0 fully saturated rings.